The van der Waals surface area contributed by atoms with Crippen LogP contribution in [0, 0.1) is 11.8 Å². The Labute approximate surface area is 85.8 Å². The van der Waals surface area contributed by atoms with E-state index in [-0.39, 0.29) is 5.92 Å². The van der Waals surface area contributed by atoms with Crippen LogP contribution in [0.15, 0.2) is 0 Å². The highest BCUT2D eigenvalue weighted by Gasteiger charge is 2.38. The van der Waals surface area contributed by atoms with Gasteiger partial charge in [-0.25, -0.2) is 0 Å². The Bertz CT molecular complexity index is 221. The van der Waals surface area contributed by atoms with Crippen LogP contribution in [0.1, 0.15) is 26.7 Å². The average Bonchev–Trinajstić information content (AvgIpc) is 2.90. The van der Waals surface area contributed by atoms with Gasteiger partial charge in [-0.05, 0) is 32.2 Å². The molecule has 0 bridgehead atoms. The van der Waals surface area contributed by atoms with Gasteiger partial charge in [0.1, 0.15) is 0 Å². The van der Waals surface area contributed by atoms with Gasteiger partial charge in [0.15, 0.2) is 0 Å². The molecule has 0 radical (unpaired) electrons. The number of carbonyl (C=O) groups excluding carboxylic acids is 1. The largest absolute Gasteiger partial charge is 0.340 e. The van der Waals surface area contributed by atoms with Crippen molar-refractivity contribution in [2.24, 2.45) is 11.8 Å². The Morgan fingerprint density at radius 2 is 2.14 bits per heavy atom. The van der Waals surface area contributed by atoms with E-state index in [0.29, 0.717) is 17.9 Å². The van der Waals surface area contributed by atoms with E-state index in [1.165, 1.54) is 12.8 Å². The SMILES string of the molecule is CCN(C(=O)[C@@H]1CNC[C@H]1C)C1CC1. The first-order chi connectivity index (χ1) is 6.74. The number of nitrogens with one attached hydrogen (secondary N) is 1. The number of nitrogens with zero attached hydrogens (tertiary/aromatic N) is 1. The molecule has 1 N–H and O–H groups in total. The van der Waals surface area contributed by atoms with Gasteiger partial charge >= 0.3 is 0 Å². The van der Waals surface area contributed by atoms with Gasteiger partial charge in [-0.2, -0.15) is 0 Å². The van der Waals surface area contributed by atoms with Gasteiger partial charge in [0.05, 0.1) is 5.92 Å². The maximum atomic E-state index is 12.2. The fourth-order valence-corrected chi connectivity index (χ4v) is 2.33. The molecule has 0 spiro atoms. The standard InChI is InChI=1S/C11H20N2O/c1-3-13(9-4-5-9)11(14)10-7-12-6-8(10)2/h8-10,12H,3-7H2,1-2H3/t8-,10-/m1/s1. The lowest BCUT2D eigenvalue weighted by Gasteiger charge is -2.25. The molecule has 0 unspecified atom stereocenters. The Kier molecular flexibility index (Phi) is 2.77. The third kappa shape index (κ3) is 1.78. The molecule has 2 rings (SSSR count). The number of amides is 1. The Morgan fingerprint density at radius 3 is 2.57 bits per heavy atom. The van der Waals surface area contributed by atoms with Crippen LogP contribution in [0.2, 0.25) is 0 Å². The zero-order valence-electron chi connectivity index (χ0n) is 9.12. The zero-order chi connectivity index (χ0) is 10.1. The summed E-state index contributed by atoms with van der Waals surface area (Å²) in [7, 11) is 0. The second-order valence-electron chi connectivity index (χ2n) is 4.60. The predicted molar refractivity (Wildman–Crippen MR) is 55.9 cm³/mol. The molecule has 14 heavy (non-hydrogen) atoms. The lowest BCUT2D eigenvalue weighted by atomic mass is 9.96. The third-order valence-electron chi connectivity index (χ3n) is 3.45. The van der Waals surface area contributed by atoms with Gasteiger partial charge in [0, 0.05) is 19.1 Å². The molecule has 2 fully saturated rings. The van der Waals surface area contributed by atoms with E-state index in [0.717, 1.165) is 19.6 Å². The number of hydrogen-bond donors (Lipinski definition) is 1. The van der Waals surface area contributed by atoms with Crippen molar-refractivity contribution in [3.63, 3.8) is 0 Å². The van der Waals surface area contributed by atoms with Crippen LogP contribution in [0.3, 0.4) is 0 Å². The fraction of sp³-hybridized carbons (Fsp3) is 0.909. The molecule has 1 aliphatic heterocycles. The quantitative estimate of drug-likeness (QED) is 0.726. The van der Waals surface area contributed by atoms with Crippen molar-refractivity contribution in [3.05, 3.63) is 0 Å². The molecule has 0 aromatic rings. The molecule has 1 heterocycles. The summed E-state index contributed by atoms with van der Waals surface area (Å²) in [6.45, 7) is 7.02. The average molecular weight is 196 g/mol. The van der Waals surface area contributed by atoms with Crippen LogP contribution in [-0.2, 0) is 4.79 Å². The minimum Gasteiger partial charge on any atom is -0.340 e. The van der Waals surface area contributed by atoms with Crippen LogP contribution < -0.4 is 5.32 Å². The summed E-state index contributed by atoms with van der Waals surface area (Å²) >= 11 is 0. The van der Waals surface area contributed by atoms with Gasteiger partial charge in [0.2, 0.25) is 5.91 Å². The number of rotatable bonds is 3. The fourth-order valence-electron chi connectivity index (χ4n) is 2.33. The number of carbonyl (C=O) groups is 1. The Hall–Kier alpha value is -0.570. The van der Waals surface area contributed by atoms with Gasteiger partial charge in [0.25, 0.3) is 0 Å². The first kappa shape index (κ1) is 9.97. The third-order valence-corrected chi connectivity index (χ3v) is 3.45. The minimum absolute atomic E-state index is 0.232. The molecule has 3 nitrogen and oxygen atoms in total. The van der Waals surface area contributed by atoms with Crippen molar-refractivity contribution in [1.29, 1.82) is 0 Å². The molecule has 2 atom stereocenters. The topological polar surface area (TPSA) is 32.3 Å². The smallest absolute Gasteiger partial charge is 0.227 e. The van der Waals surface area contributed by atoms with Crippen molar-refractivity contribution < 1.29 is 4.79 Å². The molecule has 0 aromatic heterocycles. The van der Waals surface area contributed by atoms with E-state index in [2.05, 4.69) is 24.1 Å². The van der Waals surface area contributed by atoms with Crippen LogP contribution in [0.4, 0.5) is 0 Å². The van der Waals surface area contributed by atoms with Crippen molar-refractivity contribution in [1.82, 2.24) is 10.2 Å². The van der Waals surface area contributed by atoms with E-state index >= 15 is 0 Å². The summed E-state index contributed by atoms with van der Waals surface area (Å²) in [6, 6.07) is 0.570. The van der Waals surface area contributed by atoms with Crippen molar-refractivity contribution in [2.75, 3.05) is 19.6 Å². The first-order valence-corrected chi connectivity index (χ1v) is 5.75. The highest BCUT2D eigenvalue weighted by atomic mass is 16.2. The molecule has 1 saturated heterocycles. The molecular formula is C11H20N2O. The monoisotopic (exact) mass is 196 g/mol. The summed E-state index contributed by atoms with van der Waals surface area (Å²) in [4.78, 5) is 14.2. The molecule has 3 heteroatoms. The maximum absolute atomic E-state index is 12.2. The molecule has 0 aromatic carbocycles. The van der Waals surface area contributed by atoms with Crippen molar-refractivity contribution in [2.45, 2.75) is 32.7 Å². The van der Waals surface area contributed by atoms with Crippen molar-refractivity contribution >= 4 is 5.91 Å². The predicted octanol–water partition coefficient (Wildman–Crippen LogP) is 0.853. The lowest BCUT2D eigenvalue weighted by molar-refractivity contribution is -0.136. The van der Waals surface area contributed by atoms with E-state index < -0.39 is 0 Å². The van der Waals surface area contributed by atoms with Gasteiger partial charge in [-0.15, -0.1) is 0 Å². The van der Waals surface area contributed by atoms with Gasteiger partial charge < -0.3 is 10.2 Å². The summed E-state index contributed by atoms with van der Waals surface area (Å²) in [5.41, 5.74) is 0. The highest BCUT2D eigenvalue weighted by Crippen LogP contribution is 2.29. The molecular weight excluding hydrogens is 176 g/mol. The van der Waals surface area contributed by atoms with Crippen LogP contribution in [0.5, 0.6) is 0 Å². The molecule has 80 valence electrons. The van der Waals surface area contributed by atoms with Gasteiger partial charge in [-0.1, -0.05) is 6.92 Å². The highest BCUT2D eigenvalue weighted by molar-refractivity contribution is 5.80. The molecule has 1 amide bonds. The lowest BCUT2D eigenvalue weighted by Crippen LogP contribution is -2.40. The van der Waals surface area contributed by atoms with Crippen LogP contribution in [0.25, 0.3) is 0 Å². The second kappa shape index (κ2) is 3.89. The van der Waals surface area contributed by atoms with Gasteiger partial charge in [-0.3, -0.25) is 4.79 Å². The zero-order valence-corrected chi connectivity index (χ0v) is 9.12. The summed E-state index contributed by atoms with van der Waals surface area (Å²) < 4.78 is 0. The molecule has 1 saturated carbocycles. The van der Waals surface area contributed by atoms with E-state index in [4.69, 9.17) is 0 Å². The van der Waals surface area contributed by atoms with E-state index in [9.17, 15) is 4.79 Å². The minimum atomic E-state index is 0.232. The number of hydrogen-bond acceptors (Lipinski definition) is 2. The Morgan fingerprint density at radius 1 is 1.43 bits per heavy atom. The summed E-state index contributed by atoms with van der Waals surface area (Å²) in [5, 5.41) is 3.29. The van der Waals surface area contributed by atoms with Crippen molar-refractivity contribution in [3.8, 4) is 0 Å². The van der Waals surface area contributed by atoms with Crippen LogP contribution >= 0.6 is 0 Å². The van der Waals surface area contributed by atoms with E-state index in [1.54, 1.807) is 0 Å². The Balaban J connectivity index is 1.97. The summed E-state index contributed by atoms with van der Waals surface area (Å²) in [6.07, 6.45) is 2.43. The molecule has 2 aliphatic rings. The first-order valence-electron chi connectivity index (χ1n) is 5.75. The summed E-state index contributed by atoms with van der Waals surface area (Å²) in [5.74, 6) is 1.12. The van der Waals surface area contributed by atoms with E-state index in [1.807, 2.05) is 0 Å². The normalized spacial score (nSPS) is 31.9. The molecule has 1 aliphatic carbocycles. The maximum Gasteiger partial charge on any atom is 0.227 e. The second-order valence-corrected chi connectivity index (χ2v) is 4.60. The van der Waals surface area contributed by atoms with Crippen LogP contribution in [-0.4, -0.2) is 36.5 Å².